The summed E-state index contributed by atoms with van der Waals surface area (Å²) in [4.78, 5) is 31.1. The van der Waals surface area contributed by atoms with Crippen molar-refractivity contribution in [2.45, 2.75) is 60.0 Å². The Labute approximate surface area is 422 Å². The van der Waals surface area contributed by atoms with Crippen LogP contribution in [-0.4, -0.2) is 39.7 Å². The van der Waals surface area contributed by atoms with Gasteiger partial charge in [0.25, 0.3) is 0 Å². The Morgan fingerprint density at radius 2 is 0.491 bits per heavy atom. The molecular weight excluding hydrogens is 1180 g/mol. The zero-order chi connectivity index (χ0) is 38.2. The van der Waals surface area contributed by atoms with Gasteiger partial charge >= 0.3 is 41.7 Å². The molecule has 0 atom stereocenters. The van der Waals surface area contributed by atoms with Gasteiger partial charge in [0.1, 0.15) is 0 Å². The minimum atomic E-state index is 0. The average Bonchev–Trinajstić information content (AvgIpc) is 3.18. The number of halogens is 3. The third-order valence-electron chi connectivity index (χ3n) is 6.67. The van der Waals surface area contributed by atoms with Crippen LogP contribution in [0, 0.1) is 75.7 Å². The molecule has 0 aromatic carbocycles. The average molecular weight is 1220 g/mol. The van der Waals surface area contributed by atoms with Crippen molar-refractivity contribution in [3.63, 3.8) is 0 Å². The number of pyridine rings is 6. The van der Waals surface area contributed by atoms with Crippen LogP contribution in [0.25, 0.3) is 0 Å². The molecule has 1 radical (unpaired) electrons. The molecule has 0 saturated carbocycles. The molecule has 6 aromatic heterocycles. The van der Waals surface area contributed by atoms with Crippen molar-refractivity contribution in [3.8, 4) is 18.2 Å². The van der Waals surface area contributed by atoms with Crippen LogP contribution in [0.2, 0.25) is 0 Å². The van der Waals surface area contributed by atoms with E-state index in [9.17, 15) is 0 Å². The molecule has 0 N–H and O–H groups in total. The van der Waals surface area contributed by atoms with Gasteiger partial charge in [-0.05, 0) is 72.8 Å². The van der Waals surface area contributed by atoms with Crippen molar-refractivity contribution >= 4 is 0 Å². The fourth-order valence-corrected chi connectivity index (χ4v) is 4.66. The van der Waals surface area contributed by atoms with Gasteiger partial charge in [-0.1, -0.05) is 36.4 Å². The van der Waals surface area contributed by atoms with Gasteiger partial charge < -0.3 is 71.9 Å². The fourth-order valence-electron chi connectivity index (χ4n) is 4.66. The van der Waals surface area contributed by atoms with Crippen molar-refractivity contribution in [3.05, 3.63) is 181 Å². The van der Waals surface area contributed by atoms with Gasteiger partial charge in [0.05, 0.1) is 52.4 Å². The fraction of sp³-hybridized carbons (Fsp3) is 0.214. The summed E-state index contributed by atoms with van der Waals surface area (Å²) in [6, 6.07) is 41.2. The molecule has 0 amide bonds. The van der Waals surface area contributed by atoms with Crippen molar-refractivity contribution in [2.24, 2.45) is 0 Å². The van der Waals surface area contributed by atoms with E-state index >= 15 is 0 Å². The molecule has 11 nitrogen and oxygen atoms in total. The second-order valence-electron chi connectivity index (χ2n) is 10.9. The number of rotatable bonds is 12. The zero-order valence-electron chi connectivity index (χ0n) is 32.2. The molecule has 0 fully saturated rings. The van der Waals surface area contributed by atoms with Gasteiger partial charge in [-0.25, -0.2) is 0 Å². The second-order valence-corrected chi connectivity index (χ2v) is 10.9. The molecule has 0 aliphatic carbocycles. The van der Waals surface area contributed by atoms with Gasteiger partial charge in [0.15, 0.2) is 0 Å². The summed E-state index contributed by atoms with van der Waals surface area (Å²) in [5, 5.41) is 22.0. The summed E-state index contributed by atoms with van der Waals surface area (Å²) in [5.41, 5.74) is 6.30. The van der Waals surface area contributed by atoms with Crippen LogP contribution in [0.1, 0.15) is 54.9 Å². The van der Waals surface area contributed by atoms with E-state index < -0.39 is 0 Å². The Hall–Kier alpha value is -3.14. The van der Waals surface area contributed by atoms with Gasteiger partial charge in [-0.15, -0.1) is 0 Å². The monoisotopic (exact) mass is 1220 g/mol. The maximum absolute atomic E-state index is 7.32. The molecule has 0 spiro atoms. The smallest absolute Gasteiger partial charge is 1.00 e. The summed E-state index contributed by atoms with van der Waals surface area (Å²) in [5.74, 6) is 0. The van der Waals surface area contributed by atoms with Crippen molar-refractivity contribution in [1.29, 1.82) is 15.8 Å². The standard InChI is InChI=1S/2C18H18N4.3C2H3N.Ce.3HI/c2*1-4-10-19-16(7-1)13-22(14-17-8-2-5-11-20-17)15-18-9-3-6-12-21-18;3*1-2-3;;;;/h2*1-12H,13-15H2;3*1H3;;3*1H/q;;;;;+3;;;/p-3. The summed E-state index contributed by atoms with van der Waals surface area (Å²) in [6.07, 6.45) is 11.0. The number of nitrogens with zero attached hydrogens (tertiary/aromatic N) is 11. The number of aromatic nitrogens is 6. The molecule has 57 heavy (non-hydrogen) atoms. The first-order chi connectivity index (χ1) is 26.0. The number of hydrogen-bond donors (Lipinski definition) is 0. The Morgan fingerprint density at radius 3 is 0.596 bits per heavy atom. The molecule has 293 valence electrons. The van der Waals surface area contributed by atoms with Crippen LogP contribution in [0.5, 0.6) is 0 Å². The SMILES string of the molecule is CC#N.CC#N.CC#N.[Ce+3].[I-].[I-].[I-].c1ccc(CN(Cc2ccccn2)Cc2ccccn2)nc1.c1ccc(CN(Cc2ccccn2)Cc2ccccn2)nc1. The number of hydrogen-bond acceptors (Lipinski definition) is 11. The van der Waals surface area contributed by atoms with Crippen LogP contribution in [0.3, 0.4) is 0 Å². The Morgan fingerprint density at radius 1 is 0.351 bits per heavy atom. The molecule has 0 aliphatic rings. The summed E-state index contributed by atoms with van der Waals surface area (Å²) < 4.78 is 0. The summed E-state index contributed by atoms with van der Waals surface area (Å²) in [7, 11) is 0. The van der Waals surface area contributed by atoms with E-state index in [1.807, 2.05) is 146 Å². The normalized spacial score (nSPS) is 8.74. The maximum Gasteiger partial charge on any atom is 3.00 e. The maximum atomic E-state index is 7.32. The Kier molecular flexibility index (Phi) is 40.5. The number of nitriles is 3. The summed E-state index contributed by atoms with van der Waals surface area (Å²) >= 11 is 0. The van der Waals surface area contributed by atoms with E-state index in [-0.39, 0.29) is 114 Å². The predicted octanol–water partition coefficient (Wildman–Crippen LogP) is -1.25. The molecule has 6 heterocycles. The van der Waals surface area contributed by atoms with Gasteiger partial charge in [0.2, 0.25) is 0 Å². The molecule has 6 aromatic rings. The third-order valence-corrected chi connectivity index (χ3v) is 6.67. The van der Waals surface area contributed by atoms with Gasteiger partial charge in [-0.2, -0.15) is 15.8 Å². The quantitative estimate of drug-likeness (QED) is 0.135. The second kappa shape index (κ2) is 39.7. The first-order valence-corrected chi connectivity index (χ1v) is 16.8. The minimum Gasteiger partial charge on any atom is -1.00 e. The molecule has 15 heteroatoms. The minimum absolute atomic E-state index is 0. The van der Waals surface area contributed by atoms with E-state index in [1.165, 1.54) is 20.8 Å². The topological polar surface area (TPSA) is 155 Å². The third kappa shape index (κ3) is 28.8. The first-order valence-electron chi connectivity index (χ1n) is 16.8. The van der Waals surface area contributed by atoms with E-state index in [0.717, 1.165) is 73.4 Å². The summed E-state index contributed by atoms with van der Waals surface area (Å²) in [6.45, 7) is 8.92. The van der Waals surface area contributed by atoms with E-state index in [2.05, 4.69) is 39.7 Å². The van der Waals surface area contributed by atoms with Crippen LogP contribution in [0.4, 0.5) is 0 Å². The van der Waals surface area contributed by atoms with E-state index in [4.69, 9.17) is 15.8 Å². The Balaban J connectivity index is -0.000000801. The molecule has 0 aliphatic heterocycles. The largest absolute Gasteiger partial charge is 3.00 e. The van der Waals surface area contributed by atoms with Crippen LogP contribution >= 0.6 is 0 Å². The molecule has 0 unspecified atom stereocenters. The van der Waals surface area contributed by atoms with Crippen LogP contribution < -0.4 is 71.9 Å². The van der Waals surface area contributed by atoms with Crippen LogP contribution in [0.15, 0.2) is 146 Å². The molecule has 6 rings (SSSR count). The van der Waals surface area contributed by atoms with Gasteiger partial charge in [-0.3, -0.25) is 39.7 Å². The van der Waals surface area contributed by atoms with Crippen molar-refractivity contribution in [1.82, 2.24) is 39.7 Å². The van der Waals surface area contributed by atoms with E-state index in [0.29, 0.717) is 0 Å². The first kappa shape index (κ1) is 58.2. The molecular formula is C42H45CeI3N11. The van der Waals surface area contributed by atoms with Gasteiger partial charge in [0, 0.05) is 97.2 Å². The molecule has 0 saturated heterocycles. The molecule has 0 bridgehead atoms. The van der Waals surface area contributed by atoms with Crippen molar-refractivity contribution < 1.29 is 114 Å². The zero-order valence-corrected chi connectivity index (χ0v) is 41.8. The van der Waals surface area contributed by atoms with Crippen LogP contribution in [-0.2, 0) is 39.3 Å². The predicted molar refractivity (Wildman–Crippen MR) is 205 cm³/mol. The van der Waals surface area contributed by atoms with Crippen molar-refractivity contribution in [2.75, 3.05) is 0 Å². The Bertz CT molecular complexity index is 1550. The van der Waals surface area contributed by atoms with E-state index in [1.54, 1.807) is 18.2 Å².